The molecule has 1 aromatic rings. The fraction of sp³-hybridized carbons (Fsp3) is 0.625. The Hall–Kier alpha value is -1.26. The summed E-state index contributed by atoms with van der Waals surface area (Å²) in [5.74, 6) is 1.38. The Morgan fingerprint density at radius 2 is 1.95 bits per heavy atom. The van der Waals surface area contributed by atoms with E-state index in [2.05, 4.69) is 12.2 Å². The van der Waals surface area contributed by atoms with Crippen molar-refractivity contribution in [1.82, 2.24) is 5.32 Å². The monoisotopic (exact) mass is 281 g/mol. The molecule has 20 heavy (non-hydrogen) atoms. The van der Waals surface area contributed by atoms with Crippen LogP contribution in [0.3, 0.4) is 0 Å². The summed E-state index contributed by atoms with van der Waals surface area (Å²) in [6, 6.07) is 5.47. The molecule has 0 bridgehead atoms. The van der Waals surface area contributed by atoms with E-state index in [1.54, 1.807) is 20.3 Å². The summed E-state index contributed by atoms with van der Waals surface area (Å²) in [5, 5.41) is 13.8. The summed E-state index contributed by atoms with van der Waals surface area (Å²) in [6.45, 7) is 5.09. The average molecular weight is 281 g/mol. The third kappa shape index (κ3) is 4.69. The zero-order valence-electron chi connectivity index (χ0n) is 13.0. The van der Waals surface area contributed by atoms with Crippen molar-refractivity contribution in [2.75, 3.05) is 20.8 Å². The number of ether oxygens (including phenoxy) is 2. The van der Waals surface area contributed by atoms with Crippen LogP contribution in [0.5, 0.6) is 11.5 Å². The molecule has 0 aliphatic heterocycles. The van der Waals surface area contributed by atoms with Crippen LogP contribution < -0.4 is 14.8 Å². The Kier molecular flexibility index (Phi) is 7.41. The molecular formula is C16H27NO3. The van der Waals surface area contributed by atoms with E-state index in [4.69, 9.17) is 9.47 Å². The summed E-state index contributed by atoms with van der Waals surface area (Å²) < 4.78 is 10.5. The van der Waals surface area contributed by atoms with Crippen molar-refractivity contribution in [3.8, 4) is 11.5 Å². The van der Waals surface area contributed by atoms with Crippen molar-refractivity contribution in [1.29, 1.82) is 0 Å². The molecule has 0 spiro atoms. The number of aliphatic hydroxyl groups is 1. The number of aliphatic hydroxyl groups excluding tert-OH is 1. The lowest BCUT2D eigenvalue weighted by molar-refractivity contribution is 0.132. The van der Waals surface area contributed by atoms with Gasteiger partial charge in [0.15, 0.2) is 0 Å². The molecule has 0 heterocycles. The predicted molar refractivity (Wildman–Crippen MR) is 81.5 cm³/mol. The van der Waals surface area contributed by atoms with E-state index in [0.717, 1.165) is 24.3 Å². The Balaban J connectivity index is 2.67. The molecule has 0 saturated carbocycles. The number of rotatable bonds is 9. The molecule has 4 nitrogen and oxygen atoms in total. The topological polar surface area (TPSA) is 50.7 Å². The van der Waals surface area contributed by atoms with Crippen LogP contribution in [0.15, 0.2) is 18.2 Å². The van der Waals surface area contributed by atoms with E-state index >= 15 is 0 Å². The molecule has 0 saturated heterocycles. The highest BCUT2D eigenvalue weighted by molar-refractivity contribution is 5.42. The first-order valence-corrected chi connectivity index (χ1v) is 7.27. The van der Waals surface area contributed by atoms with Gasteiger partial charge in [0.1, 0.15) is 11.5 Å². The van der Waals surface area contributed by atoms with E-state index in [1.165, 1.54) is 12.8 Å². The molecule has 2 atom stereocenters. The number of methoxy groups -OCH3 is 2. The number of benzene rings is 1. The molecule has 0 aliphatic rings. The van der Waals surface area contributed by atoms with E-state index < -0.39 is 6.10 Å². The van der Waals surface area contributed by atoms with Gasteiger partial charge in [-0.05, 0) is 32.0 Å². The van der Waals surface area contributed by atoms with Crippen molar-refractivity contribution >= 4 is 0 Å². The summed E-state index contributed by atoms with van der Waals surface area (Å²) in [7, 11) is 3.22. The zero-order chi connectivity index (χ0) is 15.0. The third-order valence-corrected chi connectivity index (χ3v) is 3.48. The summed E-state index contributed by atoms with van der Waals surface area (Å²) in [6.07, 6.45) is 2.94. The lowest BCUT2D eigenvalue weighted by Gasteiger charge is -2.22. The molecule has 2 N–H and O–H groups in total. The molecule has 0 fully saturated rings. The maximum Gasteiger partial charge on any atom is 0.128 e. The fourth-order valence-electron chi connectivity index (χ4n) is 2.15. The number of nitrogens with one attached hydrogen (secondary N) is 1. The molecule has 114 valence electrons. The summed E-state index contributed by atoms with van der Waals surface area (Å²) in [5.41, 5.74) is 0.781. The van der Waals surface area contributed by atoms with E-state index in [-0.39, 0.29) is 6.04 Å². The second-order valence-electron chi connectivity index (χ2n) is 5.00. The standard InChI is InChI=1S/C16H27NO3/c1-5-6-7-10-17-12(2)16(18)14-9-8-13(19-3)11-15(14)20-4/h8-9,11-12,16-18H,5-7,10H2,1-4H3. The minimum atomic E-state index is -0.600. The van der Waals surface area contributed by atoms with Gasteiger partial charge >= 0.3 is 0 Å². The number of unbranched alkanes of at least 4 members (excludes halogenated alkanes) is 2. The van der Waals surface area contributed by atoms with Crippen molar-refractivity contribution in [3.05, 3.63) is 23.8 Å². The lowest BCUT2D eigenvalue weighted by atomic mass is 10.0. The molecule has 0 radical (unpaired) electrons. The fourth-order valence-corrected chi connectivity index (χ4v) is 2.15. The van der Waals surface area contributed by atoms with Crippen LogP contribution in [-0.2, 0) is 0 Å². The van der Waals surface area contributed by atoms with Crippen LogP contribution in [0.1, 0.15) is 44.8 Å². The third-order valence-electron chi connectivity index (χ3n) is 3.48. The van der Waals surface area contributed by atoms with Crippen LogP contribution in [-0.4, -0.2) is 31.9 Å². The van der Waals surface area contributed by atoms with Gasteiger partial charge in [0.25, 0.3) is 0 Å². The highest BCUT2D eigenvalue weighted by Crippen LogP contribution is 2.30. The molecule has 4 heteroatoms. The van der Waals surface area contributed by atoms with Gasteiger partial charge in [0, 0.05) is 17.7 Å². The highest BCUT2D eigenvalue weighted by Gasteiger charge is 2.20. The molecule has 2 unspecified atom stereocenters. The maximum absolute atomic E-state index is 10.4. The van der Waals surface area contributed by atoms with Gasteiger partial charge in [-0.2, -0.15) is 0 Å². The minimum Gasteiger partial charge on any atom is -0.497 e. The first kappa shape index (κ1) is 16.8. The van der Waals surface area contributed by atoms with Crippen LogP contribution in [0.4, 0.5) is 0 Å². The SMILES string of the molecule is CCCCCNC(C)C(O)c1ccc(OC)cc1OC. The van der Waals surface area contributed by atoms with E-state index in [9.17, 15) is 5.11 Å². The lowest BCUT2D eigenvalue weighted by Crippen LogP contribution is -2.33. The van der Waals surface area contributed by atoms with Crippen LogP contribution >= 0.6 is 0 Å². The molecular weight excluding hydrogens is 254 g/mol. The van der Waals surface area contributed by atoms with Gasteiger partial charge in [-0.3, -0.25) is 0 Å². The molecule has 0 aliphatic carbocycles. The predicted octanol–water partition coefficient (Wildman–Crippen LogP) is 2.91. The van der Waals surface area contributed by atoms with Gasteiger partial charge in [-0.1, -0.05) is 19.8 Å². The van der Waals surface area contributed by atoms with Gasteiger partial charge in [-0.25, -0.2) is 0 Å². The van der Waals surface area contributed by atoms with Gasteiger partial charge in [0.05, 0.1) is 20.3 Å². The van der Waals surface area contributed by atoms with Crippen molar-refractivity contribution in [2.45, 2.75) is 45.3 Å². The van der Waals surface area contributed by atoms with Crippen LogP contribution in [0.2, 0.25) is 0 Å². The Labute approximate surface area is 122 Å². The highest BCUT2D eigenvalue weighted by atomic mass is 16.5. The summed E-state index contributed by atoms with van der Waals surface area (Å²) in [4.78, 5) is 0. The Morgan fingerprint density at radius 3 is 2.55 bits per heavy atom. The first-order chi connectivity index (χ1) is 9.63. The largest absolute Gasteiger partial charge is 0.497 e. The molecule has 0 aromatic heterocycles. The van der Waals surface area contributed by atoms with E-state index in [1.807, 2.05) is 19.1 Å². The van der Waals surface area contributed by atoms with Crippen molar-refractivity contribution in [2.24, 2.45) is 0 Å². The number of hydrogen-bond donors (Lipinski definition) is 2. The Morgan fingerprint density at radius 1 is 1.20 bits per heavy atom. The molecule has 0 amide bonds. The second kappa shape index (κ2) is 8.82. The van der Waals surface area contributed by atoms with Gasteiger partial charge in [-0.15, -0.1) is 0 Å². The van der Waals surface area contributed by atoms with Crippen LogP contribution in [0, 0.1) is 0 Å². The Bertz CT molecular complexity index is 395. The zero-order valence-corrected chi connectivity index (χ0v) is 13.0. The quantitative estimate of drug-likeness (QED) is 0.683. The normalized spacial score (nSPS) is 13.8. The maximum atomic E-state index is 10.4. The van der Waals surface area contributed by atoms with Gasteiger partial charge < -0.3 is 19.9 Å². The van der Waals surface area contributed by atoms with Crippen molar-refractivity contribution in [3.63, 3.8) is 0 Å². The van der Waals surface area contributed by atoms with Crippen LogP contribution in [0.25, 0.3) is 0 Å². The molecule has 1 aromatic carbocycles. The summed E-state index contributed by atoms with van der Waals surface area (Å²) >= 11 is 0. The first-order valence-electron chi connectivity index (χ1n) is 7.27. The number of hydrogen-bond acceptors (Lipinski definition) is 4. The van der Waals surface area contributed by atoms with Crippen molar-refractivity contribution < 1.29 is 14.6 Å². The molecule has 1 rings (SSSR count). The minimum absolute atomic E-state index is 0.0193. The second-order valence-corrected chi connectivity index (χ2v) is 5.00. The smallest absolute Gasteiger partial charge is 0.128 e. The van der Waals surface area contributed by atoms with E-state index in [0.29, 0.717) is 5.75 Å². The average Bonchev–Trinajstić information content (AvgIpc) is 2.49. The van der Waals surface area contributed by atoms with Gasteiger partial charge in [0.2, 0.25) is 0 Å².